The SMILES string of the molecule is CC(C)(C)OC(=O)CCOCCc1cccc(CN2CCC3(CC2)CN(c2ccccn2)CCO3)c1. The normalized spacial score (nSPS) is 18.4. The molecule has 3 heterocycles. The quantitative estimate of drug-likeness (QED) is 0.381. The van der Waals surface area contributed by atoms with Crippen molar-refractivity contribution in [2.24, 2.45) is 0 Å². The molecule has 0 aliphatic carbocycles. The zero-order chi connectivity index (χ0) is 25.4. The van der Waals surface area contributed by atoms with Gasteiger partial charge in [-0.05, 0) is 63.3 Å². The molecule has 2 aliphatic heterocycles. The molecule has 2 aliphatic rings. The number of anilines is 1. The van der Waals surface area contributed by atoms with E-state index in [4.69, 9.17) is 14.2 Å². The summed E-state index contributed by atoms with van der Waals surface area (Å²) in [4.78, 5) is 21.2. The number of benzene rings is 1. The molecule has 0 saturated carbocycles. The average molecular weight is 496 g/mol. The Morgan fingerprint density at radius 3 is 2.61 bits per heavy atom. The lowest BCUT2D eigenvalue weighted by Crippen LogP contribution is -2.57. The van der Waals surface area contributed by atoms with Crippen molar-refractivity contribution in [3.05, 3.63) is 59.8 Å². The number of piperidine rings is 1. The Balaban J connectivity index is 1.19. The molecule has 0 unspecified atom stereocenters. The summed E-state index contributed by atoms with van der Waals surface area (Å²) in [6.45, 7) is 12.2. The Bertz CT molecular complexity index is 968. The Morgan fingerprint density at radius 1 is 1.06 bits per heavy atom. The number of hydrogen-bond acceptors (Lipinski definition) is 7. The van der Waals surface area contributed by atoms with Crippen molar-refractivity contribution in [3.63, 3.8) is 0 Å². The number of morpholine rings is 1. The number of pyridine rings is 1. The minimum absolute atomic E-state index is 0.0647. The van der Waals surface area contributed by atoms with Crippen LogP contribution in [0.5, 0.6) is 0 Å². The van der Waals surface area contributed by atoms with Gasteiger partial charge in [-0.3, -0.25) is 9.69 Å². The van der Waals surface area contributed by atoms with Crippen molar-refractivity contribution in [2.45, 2.75) is 64.2 Å². The Labute approximate surface area is 215 Å². The van der Waals surface area contributed by atoms with E-state index in [0.717, 1.165) is 64.4 Å². The van der Waals surface area contributed by atoms with Crippen LogP contribution in [-0.2, 0) is 32.0 Å². The molecule has 1 aromatic carbocycles. The summed E-state index contributed by atoms with van der Waals surface area (Å²) in [5.41, 5.74) is 2.08. The van der Waals surface area contributed by atoms with Gasteiger partial charge in [-0.1, -0.05) is 30.3 Å². The predicted molar refractivity (Wildman–Crippen MR) is 141 cm³/mol. The van der Waals surface area contributed by atoms with Gasteiger partial charge in [-0.25, -0.2) is 4.98 Å². The lowest BCUT2D eigenvalue weighted by Gasteiger charge is -2.47. The third-order valence-electron chi connectivity index (χ3n) is 6.79. The van der Waals surface area contributed by atoms with E-state index in [1.54, 1.807) is 0 Å². The van der Waals surface area contributed by atoms with E-state index in [9.17, 15) is 4.79 Å². The highest BCUT2D eigenvalue weighted by atomic mass is 16.6. The number of ether oxygens (including phenoxy) is 3. The Kier molecular flexibility index (Phi) is 8.99. The summed E-state index contributed by atoms with van der Waals surface area (Å²) >= 11 is 0. The first-order valence-corrected chi connectivity index (χ1v) is 13.2. The third kappa shape index (κ3) is 8.02. The van der Waals surface area contributed by atoms with E-state index in [0.29, 0.717) is 13.2 Å². The first-order chi connectivity index (χ1) is 17.3. The molecule has 0 radical (unpaired) electrons. The summed E-state index contributed by atoms with van der Waals surface area (Å²) < 4.78 is 17.3. The predicted octanol–water partition coefficient (Wildman–Crippen LogP) is 4.24. The summed E-state index contributed by atoms with van der Waals surface area (Å²) in [6, 6.07) is 14.9. The van der Waals surface area contributed by atoms with Crippen LogP contribution in [0.1, 0.15) is 51.2 Å². The number of rotatable bonds is 9. The van der Waals surface area contributed by atoms with Gasteiger partial charge in [0.1, 0.15) is 11.4 Å². The number of carbonyl (C=O) groups excluding carboxylic acids is 1. The van der Waals surface area contributed by atoms with Crippen LogP contribution in [0.2, 0.25) is 0 Å². The molecular weight excluding hydrogens is 454 g/mol. The zero-order valence-corrected chi connectivity index (χ0v) is 22.1. The maximum Gasteiger partial charge on any atom is 0.308 e. The third-order valence-corrected chi connectivity index (χ3v) is 6.79. The molecular formula is C29H41N3O4. The van der Waals surface area contributed by atoms with Gasteiger partial charge in [0.25, 0.3) is 0 Å². The van der Waals surface area contributed by atoms with Gasteiger partial charge in [0.05, 0.1) is 31.8 Å². The fraction of sp³-hybridized carbons (Fsp3) is 0.586. The minimum atomic E-state index is -0.449. The highest BCUT2D eigenvalue weighted by molar-refractivity contribution is 5.69. The molecule has 36 heavy (non-hydrogen) atoms. The lowest BCUT2D eigenvalue weighted by molar-refractivity contribution is -0.156. The summed E-state index contributed by atoms with van der Waals surface area (Å²) in [5.74, 6) is 0.837. The van der Waals surface area contributed by atoms with E-state index in [1.165, 1.54) is 11.1 Å². The summed E-state index contributed by atoms with van der Waals surface area (Å²) in [7, 11) is 0. The first kappa shape index (κ1) is 26.6. The van der Waals surface area contributed by atoms with Gasteiger partial charge in [0.2, 0.25) is 0 Å². The molecule has 1 aromatic heterocycles. The number of likely N-dealkylation sites (tertiary alicyclic amines) is 1. The van der Waals surface area contributed by atoms with Gasteiger partial charge in [-0.15, -0.1) is 0 Å². The van der Waals surface area contributed by atoms with Crippen molar-refractivity contribution in [3.8, 4) is 0 Å². The lowest BCUT2D eigenvalue weighted by atomic mass is 9.89. The van der Waals surface area contributed by atoms with Gasteiger partial charge >= 0.3 is 5.97 Å². The van der Waals surface area contributed by atoms with E-state index in [1.807, 2.05) is 33.0 Å². The highest BCUT2D eigenvalue weighted by Crippen LogP contribution is 2.32. The second-order valence-electron chi connectivity index (χ2n) is 10.9. The van der Waals surface area contributed by atoms with Crippen LogP contribution < -0.4 is 4.90 Å². The van der Waals surface area contributed by atoms with Crippen molar-refractivity contribution in [2.75, 3.05) is 50.9 Å². The molecule has 2 saturated heterocycles. The van der Waals surface area contributed by atoms with E-state index >= 15 is 0 Å². The Morgan fingerprint density at radius 2 is 1.86 bits per heavy atom. The van der Waals surface area contributed by atoms with E-state index in [2.05, 4.69) is 51.2 Å². The van der Waals surface area contributed by atoms with Crippen molar-refractivity contribution >= 4 is 11.8 Å². The van der Waals surface area contributed by atoms with Crippen LogP contribution in [0.3, 0.4) is 0 Å². The standard InChI is InChI=1S/C29H41N3O4/c1-28(2,3)36-27(33)11-19-34-18-10-24-7-6-8-25(21-24)22-31-15-12-29(13-16-31)23-32(17-20-35-29)26-9-4-5-14-30-26/h4-9,14,21H,10-13,15-20,22-23H2,1-3H3. The second kappa shape index (κ2) is 12.2. The van der Waals surface area contributed by atoms with Crippen LogP contribution in [0, 0.1) is 0 Å². The van der Waals surface area contributed by atoms with E-state index < -0.39 is 5.60 Å². The number of carbonyl (C=O) groups is 1. The monoisotopic (exact) mass is 495 g/mol. The molecule has 2 fully saturated rings. The molecule has 7 nitrogen and oxygen atoms in total. The largest absolute Gasteiger partial charge is 0.460 e. The van der Waals surface area contributed by atoms with Crippen LogP contribution in [0.4, 0.5) is 5.82 Å². The molecule has 196 valence electrons. The van der Waals surface area contributed by atoms with Crippen LogP contribution in [-0.4, -0.2) is 73.1 Å². The summed E-state index contributed by atoms with van der Waals surface area (Å²) in [6.07, 6.45) is 5.08. The van der Waals surface area contributed by atoms with Gasteiger partial charge < -0.3 is 19.1 Å². The fourth-order valence-corrected chi connectivity index (χ4v) is 4.98. The fourth-order valence-electron chi connectivity index (χ4n) is 4.98. The number of hydrogen-bond donors (Lipinski definition) is 0. The molecule has 0 bridgehead atoms. The number of nitrogens with zero attached hydrogens (tertiary/aromatic N) is 3. The second-order valence-corrected chi connectivity index (χ2v) is 10.9. The smallest absolute Gasteiger partial charge is 0.308 e. The van der Waals surface area contributed by atoms with Crippen molar-refractivity contribution in [1.29, 1.82) is 0 Å². The molecule has 0 amide bonds. The van der Waals surface area contributed by atoms with Crippen LogP contribution >= 0.6 is 0 Å². The van der Waals surface area contributed by atoms with Crippen molar-refractivity contribution in [1.82, 2.24) is 9.88 Å². The van der Waals surface area contributed by atoms with Crippen molar-refractivity contribution < 1.29 is 19.0 Å². The maximum atomic E-state index is 11.8. The summed E-state index contributed by atoms with van der Waals surface area (Å²) in [5, 5.41) is 0. The molecule has 7 heteroatoms. The van der Waals surface area contributed by atoms with Gasteiger partial charge in [0.15, 0.2) is 0 Å². The molecule has 1 spiro atoms. The number of aromatic nitrogens is 1. The maximum absolute atomic E-state index is 11.8. The molecule has 0 atom stereocenters. The average Bonchev–Trinajstić information content (AvgIpc) is 2.85. The molecule has 2 aromatic rings. The highest BCUT2D eigenvalue weighted by Gasteiger charge is 2.40. The molecule has 0 N–H and O–H groups in total. The molecule has 4 rings (SSSR count). The number of esters is 1. The Hall–Kier alpha value is -2.48. The van der Waals surface area contributed by atoms with Crippen LogP contribution in [0.25, 0.3) is 0 Å². The van der Waals surface area contributed by atoms with Gasteiger partial charge in [0, 0.05) is 38.9 Å². The zero-order valence-electron chi connectivity index (χ0n) is 22.1. The minimum Gasteiger partial charge on any atom is -0.460 e. The van der Waals surface area contributed by atoms with Crippen LogP contribution in [0.15, 0.2) is 48.7 Å². The first-order valence-electron chi connectivity index (χ1n) is 13.2. The van der Waals surface area contributed by atoms with Gasteiger partial charge in [-0.2, -0.15) is 0 Å². The topological polar surface area (TPSA) is 64.1 Å². The van der Waals surface area contributed by atoms with E-state index in [-0.39, 0.29) is 18.0 Å².